The van der Waals surface area contributed by atoms with Gasteiger partial charge in [-0.25, -0.2) is 0 Å². The third kappa shape index (κ3) is 6.17. The van der Waals surface area contributed by atoms with E-state index in [1.165, 1.54) is 0 Å². The second kappa shape index (κ2) is 10.9. The lowest BCUT2D eigenvalue weighted by atomic mass is 10.0. The summed E-state index contributed by atoms with van der Waals surface area (Å²) in [6.07, 6.45) is 1.69. The summed E-state index contributed by atoms with van der Waals surface area (Å²) in [4.78, 5) is 41.0. The van der Waals surface area contributed by atoms with Crippen molar-refractivity contribution >= 4 is 23.4 Å². The quantitative estimate of drug-likeness (QED) is 0.699. The monoisotopic (exact) mass is 436 g/mol. The highest BCUT2D eigenvalue weighted by molar-refractivity contribution is 6.04. The van der Waals surface area contributed by atoms with Crippen molar-refractivity contribution in [2.24, 2.45) is 0 Å². The van der Waals surface area contributed by atoms with Crippen LogP contribution in [0, 0.1) is 0 Å². The maximum absolute atomic E-state index is 12.9. The number of nitrogens with zero attached hydrogens (tertiary/aromatic N) is 2. The predicted molar refractivity (Wildman–Crippen MR) is 125 cm³/mol. The molecule has 0 aromatic heterocycles. The molecule has 1 saturated heterocycles. The van der Waals surface area contributed by atoms with E-state index in [2.05, 4.69) is 15.5 Å². The standard InChI is InChI=1S/C25H32N4O3/c1-18(20-9-5-4-6-10-20)26-25(32)22-11-7-8-12-23(22)27-24(31)17-29-15-13-21(14-16-29)28(3)19(2)30/h4-12,18,21H,13-17H2,1-3H3,(H,26,32)(H,27,31). The van der Waals surface area contributed by atoms with Crippen molar-refractivity contribution in [3.63, 3.8) is 0 Å². The molecule has 7 nitrogen and oxygen atoms in total. The predicted octanol–water partition coefficient (Wildman–Crippen LogP) is 3.06. The van der Waals surface area contributed by atoms with Crippen LogP contribution in [0.3, 0.4) is 0 Å². The summed E-state index contributed by atoms with van der Waals surface area (Å²) in [5.74, 6) is -0.317. The summed E-state index contributed by atoms with van der Waals surface area (Å²) in [5.41, 5.74) is 1.95. The first-order valence-electron chi connectivity index (χ1n) is 11.1. The minimum atomic E-state index is -0.231. The van der Waals surface area contributed by atoms with Gasteiger partial charge in [0.05, 0.1) is 23.8 Å². The number of nitrogens with one attached hydrogen (secondary N) is 2. The molecule has 0 aliphatic carbocycles. The molecule has 0 saturated carbocycles. The normalized spacial score (nSPS) is 15.6. The van der Waals surface area contributed by atoms with E-state index in [-0.39, 0.29) is 36.3 Å². The summed E-state index contributed by atoms with van der Waals surface area (Å²) in [7, 11) is 1.83. The molecule has 1 fully saturated rings. The van der Waals surface area contributed by atoms with Crippen LogP contribution < -0.4 is 10.6 Å². The number of carbonyl (C=O) groups is 3. The maximum Gasteiger partial charge on any atom is 0.253 e. The number of amides is 3. The smallest absolute Gasteiger partial charge is 0.253 e. The highest BCUT2D eigenvalue weighted by Gasteiger charge is 2.25. The molecule has 1 aliphatic rings. The van der Waals surface area contributed by atoms with Crippen molar-refractivity contribution < 1.29 is 14.4 Å². The number of hydrogen-bond donors (Lipinski definition) is 2. The zero-order valence-corrected chi connectivity index (χ0v) is 19.0. The molecule has 1 aliphatic heterocycles. The average Bonchev–Trinajstić information content (AvgIpc) is 2.79. The molecule has 1 unspecified atom stereocenters. The Bertz CT molecular complexity index is 939. The van der Waals surface area contributed by atoms with E-state index >= 15 is 0 Å². The SMILES string of the molecule is CC(=O)N(C)C1CCN(CC(=O)Nc2ccccc2C(=O)NC(C)c2ccccc2)CC1. The lowest BCUT2D eigenvalue weighted by Crippen LogP contribution is -2.46. The fourth-order valence-electron chi connectivity index (χ4n) is 4.00. The van der Waals surface area contributed by atoms with Gasteiger partial charge in [-0.15, -0.1) is 0 Å². The van der Waals surface area contributed by atoms with Crippen LogP contribution in [0.4, 0.5) is 5.69 Å². The van der Waals surface area contributed by atoms with Crippen LogP contribution in [-0.2, 0) is 9.59 Å². The highest BCUT2D eigenvalue weighted by atomic mass is 16.2. The van der Waals surface area contributed by atoms with E-state index in [4.69, 9.17) is 0 Å². The van der Waals surface area contributed by atoms with Crippen molar-refractivity contribution in [3.05, 3.63) is 65.7 Å². The Balaban J connectivity index is 1.56. The third-order valence-electron chi connectivity index (χ3n) is 6.06. The summed E-state index contributed by atoms with van der Waals surface area (Å²) < 4.78 is 0. The maximum atomic E-state index is 12.9. The Morgan fingerprint density at radius 1 is 1.03 bits per heavy atom. The van der Waals surface area contributed by atoms with Gasteiger partial charge in [-0.1, -0.05) is 42.5 Å². The van der Waals surface area contributed by atoms with E-state index in [0.29, 0.717) is 11.3 Å². The van der Waals surface area contributed by atoms with Gasteiger partial charge in [0, 0.05) is 33.1 Å². The van der Waals surface area contributed by atoms with Crippen LogP contribution in [0.2, 0.25) is 0 Å². The van der Waals surface area contributed by atoms with Gasteiger partial charge >= 0.3 is 0 Å². The minimum absolute atomic E-state index is 0.0673. The van der Waals surface area contributed by atoms with Crippen molar-refractivity contribution in [1.29, 1.82) is 0 Å². The third-order valence-corrected chi connectivity index (χ3v) is 6.06. The molecule has 1 heterocycles. The number of benzene rings is 2. The Kier molecular flexibility index (Phi) is 8.00. The summed E-state index contributed by atoms with van der Waals surface area (Å²) in [6, 6.07) is 16.9. The fraction of sp³-hybridized carbons (Fsp3) is 0.400. The molecule has 7 heteroatoms. The largest absolute Gasteiger partial charge is 0.345 e. The number of likely N-dealkylation sites (tertiary alicyclic amines) is 1. The number of anilines is 1. The van der Waals surface area contributed by atoms with Gasteiger partial charge in [-0.2, -0.15) is 0 Å². The van der Waals surface area contributed by atoms with E-state index in [0.717, 1.165) is 31.5 Å². The zero-order valence-electron chi connectivity index (χ0n) is 19.0. The molecule has 3 rings (SSSR count). The molecular formula is C25H32N4O3. The van der Waals surface area contributed by atoms with Crippen LogP contribution in [-0.4, -0.2) is 60.2 Å². The van der Waals surface area contributed by atoms with Gasteiger partial charge in [0.25, 0.3) is 5.91 Å². The number of para-hydroxylation sites is 1. The second-order valence-corrected chi connectivity index (χ2v) is 8.34. The van der Waals surface area contributed by atoms with Gasteiger partial charge in [-0.3, -0.25) is 19.3 Å². The van der Waals surface area contributed by atoms with Crippen LogP contribution in [0.5, 0.6) is 0 Å². The summed E-state index contributed by atoms with van der Waals surface area (Å²) in [5, 5.41) is 5.90. The topological polar surface area (TPSA) is 81.8 Å². The lowest BCUT2D eigenvalue weighted by Gasteiger charge is -2.36. The molecular weight excluding hydrogens is 404 g/mol. The first-order chi connectivity index (χ1) is 15.3. The highest BCUT2D eigenvalue weighted by Crippen LogP contribution is 2.19. The number of hydrogen-bond acceptors (Lipinski definition) is 4. The number of piperidine rings is 1. The lowest BCUT2D eigenvalue weighted by molar-refractivity contribution is -0.130. The average molecular weight is 437 g/mol. The molecule has 3 amide bonds. The van der Waals surface area contributed by atoms with Gasteiger partial charge in [-0.05, 0) is 37.5 Å². The van der Waals surface area contributed by atoms with Crippen molar-refractivity contribution in [2.45, 2.75) is 38.8 Å². The van der Waals surface area contributed by atoms with E-state index in [9.17, 15) is 14.4 Å². The molecule has 0 spiro atoms. The first-order valence-corrected chi connectivity index (χ1v) is 11.1. The molecule has 32 heavy (non-hydrogen) atoms. The van der Waals surface area contributed by atoms with Gasteiger partial charge in [0.2, 0.25) is 11.8 Å². The minimum Gasteiger partial charge on any atom is -0.345 e. The van der Waals surface area contributed by atoms with Crippen molar-refractivity contribution in [3.8, 4) is 0 Å². The van der Waals surface area contributed by atoms with Crippen LogP contribution in [0.1, 0.15) is 48.7 Å². The summed E-state index contributed by atoms with van der Waals surface area (Å²) in [6.45, 7) is 5.28. The van der Waals surface area contributed by atoms with E-state index in [1.807, 2.05) is 44.3 Å². The van der Waals surface area contributed by atoms with Crippen LogP contribution in [0.15, 0.2) is 54.6 Å². The first kappa shape index (κ1) is 23.5. The Morgan fingerprint density at radius 3 is 2.31 bits per heavy atom. The molecule has 0 bridgehead atoms. The Labute approximate surface area is 189 Å². The summed E-state index contributed by atoms with van der Waals surface area (Å²) >= 11 is 0. The molecule has 1 atom stereocenters. The fourth-order valence-corrected chi connectivity index (χ4v) is 4.00. The molecule has 0 radical (unpaired) electrons. The molecule has 170 valence electrons. The molecule has 2 aromatic rings. The van der Waals surface area contributed by atoms with Crippen LogP contribution in [0.25, 0.3) is 0 Å². The van der Waals surface area contributed by atoms with Crippen LogP contribution >= 0.6 is 0 Å². The second-order valence-electron chi connectivity index (χ2n) is 8.34. The van der Waals surface area contributed by atoms with Crippen molar-refractivity contribution in [1.82, 2.24) is 15.1 Å². The number of rotatable bonds is 7. The van der Waals surface area contributed by atoms with E-state index in [1.54, 1.807) is 36.1 Å². The number of carbonyl (C=O) groups excluding carboxylic acids is 3. The van der Waals surface area contributed by atoms with E-state index < -0.39 is 0 Å². The van der Waals surface area contributed by atoms with Crippen molar-refractivity contribution in [2.75, 3.05) is 32.0 Å². The van der Waals surface area contributed by atoms with Gasteiger partial charge < -0.3 is 15.5 Å². The Morgan fingerprint density at radius 2 is 1.66 bits per heavy atom. The van der Waals surface area contributed by atoms with Gasteiger partial charge in [0.15, 0.2) is 0 Å². The van der Waals surface area contributed by atoms with Gasteiger partial charge in [0.1, 0.15) is 0 Å². The molecule has 2 N–H and O–H groups in total. The molecule has 2 aromatic carbocycles. The Hall–Kier alpha value is -3.19. The zero-order chi connectivity index (χ0) is 23.1.